The Bertz CT molecular complexity index is 505. The molecule has 0 aromatic heterocycles. The fourth-order valence-corrected chi connectivity index (χ4v) is 3.94. The lowest BCUT2D eigenvalue weighted by molar-refractivity contribution is -0.0355. The van der Waals surface area contributed by atoms with Gasteiger partial charge in [0.2, 0.25) is 0 Å². The second-order valence-corrected chi connectivity index (χ2v) is 7.46. The Morgan fingerprint density at radius 3 is 2.35 bits per heavy atom. The number of ether oxygens (including phenoxy) is 1. The number of hydrogen-bond acceptors (Lipinski definition) is 3. The predicted octanol–water partition coefficient (Wildman–Crippen LogP) is 2.90. The monoisotopic (exact) mass is 318 g/mol. The molecule has 3 aliphatic rings. The molecule has 126 valence electrons. The van der Waals surface area contributed by atoms with Crippen molar-refractivity contribution in [2.45, 2.75) is 44.3 Å². The molecule has 0 radical (unpaired) electrons. The summed E-state index contributed by atoms with van der Waals surface area (Å²) in [5.74, 6) is 0.800. The van der Waals surface area contributed by atoms with E-state index in [2.05, 4.69) is 9.80 Å². The zero-order valence-corrected chi connectivity index (χ0v) is 13.8. The molecule has 3 nitrogen and oxygen atoms in total. The van der Waals surface area contributed by atoms with Crippen molar-refractivity contribution >= 4 is 0 Å². The van der Waals surface area contributed by atoms with E-state index in [1.54, 1.807) is 12.1 Å². The van der Waals surface area contributed by atoms with E-state index < -0.39 is 0 Å². The van der Waals surface area contributed by atoms with E-state index in [4.69, 9.17) is 4.74 Å². The van der Waals surface area contributed by atoms with E-state index in [0.29, 0.717) is 6.04 Å². The predicted molar refractivity (Wildman–Crippen MR) is 88.7 cm³/mol. The Balaban J connectivity index is 1.31. The first-order chi connectivity index (χ1) is 11.3. The maximum atomic E-state index is 13.0. The standard InChI is InChI=1S/C19H27FN2O/c20-17-5-3-15(4-6-17)11-21-13-19(14-21)22(12-16-1-2-16)18-7-9-23-10-8-18/h3-6,16,18-19H,1-2,7-14H2. The number of rotatable bonds is 6. The number of benzene rings is 1. The summed E-state index contributed by atoms with van der Waals surface area (Å²) in [6.07, 6.45) is 5.24. The van der Waals surface area contributed by atoms with Crippen LogP contribution in [0.2, 0.25) is 0 Å². The summed E-state index contributed by atoms with van der Waals surface area (Å²) in [4.78, 5) is 5.28. The lowest BCUT2D eigenvalue weighted by Gasteiger charge is -2.49. The minimum Gasteiger partial charge on any atom is -0.381 e. The van der Waals surface area contributed by atoms with Gasteiger partial charge in [-0.1, -0.05) is 12.1 Å². The minimum absolute atomic E-state index is 0.148. The van der Waals surface area contributed by atoms with Crippen molar-refractivity contribution in [1.82, 2.24) is 9.80 Å². The molecule has 3 fully saturated rings. The Kier molecular flexibility index (Phi) is 4.65. The topological polar surface area (TPSA) is 15.7 Å². The third-order valence-electron chi connectivity index (χ3n) is 5.55. The van der Waals surface area contributed by atoms with Gasteiger partial charge in [0.15, 0.2) is 0 Å². The molecule has 1 aliphatic carbocycles. The van der Waals surface area contributed by atoms with Crippen molar-refractivity contribution < 1.29 is 9.13 Å². The van der Waals surface area contributed by atoms with Crippen LogP contribution in [0.3, 0.4) is 0 Å². The fourth-order valence-electron chi connectivity index (χ4n) is 3.94. The molecule has 1 aromatic rings. The summed E-state index contributed by atoms with van der Waals surface area (Å²) in [6, 6.07) is 8.37. The van der Waals surface area contributed by atoms with Crippen LogP contribution in [0.5, 0.6) is 0 Å². The molecule has 0 N–H and O–H groups in total. The average molecular weight is 318 g/mol. The Labute approximate surface area is 138 Å². The van der Waals surface area contributed by atoms with E-state index in [1.807, 2.05) is 12.1 Å². The highest BCUT2D eigenvalue weighted by atomic mass is 19.1. The Morgan fingerprint density at radius 1 is 1.00 bits per heavy atom. The SMILES string of the molecule is Fc1ccc(CN2CC(N(CC3CC3)C3CCOCC3)C2)cc1. The van der Waals surface area contributed by atoms with Gasteiger partial charge < -0.3 is 4.74 Å². The molecule has 1 aromatic carbocycles. The smallest absolute Gasteiger partial charge is 0.123 e. The molecule has 0 bridgehead atoms. The number of hydrogen-bond donors (Lipinski definition) is 0. The van der Waals surface area contributed by atoms with Crippen LogP contribution in [-0.4, -0.2) is 54.7 Å². The zero-order valence-electron chi connectivity index (χ0n) is 13.8. The lowest BCUT2D eigenvalue weighted by atomic mass is 9.98. The van der Waals surface area contributed by atoms with Crippen LogP contribution in [0.1, 0.15) is 31.2 Å². The largest absolute Gasteiger partial charge is 0.381 e. The number of likely N-dealkylation sites (tertiary alicyclic amines) is 1. The third kappa shape index (κ3) is 3.93. The summed E-state index contributed by atoms with van der Waals surface area (Å²) in [6.45, 7) is 6.40. The number of halogens is 1. The normalized spacial score (nSPS) is 24.1. The summed E-state index contributed by atoms with van der Waals surface area (Å²) in [5, 5.41) is 0. The van der Waals surface area contributed by atoms with E-state index in [-0.39, 0.29) is 5.82 Å². The molecular weight excluding hydrogens is 291 g/mol. The van der Waals surface area contributed by atoms with Gasteiger partial charge in [-0.15, -0.1) is 0 Å². The molecular formula is C19H27FN2O. The Morgan fingerprint density at radius 2 is 1.70 bits per heavy atom. The average Bonchev–Trinajstić information content (AvgIpc) is 3.35. The van der Waals surface area contributed by atoms with Crippen molar-refractivity contribution in [2.24, 2.45) is 5.92 Å². The van der Waals surface area contributed by atoms with Gasteiger partial charge >= 0.3 is 0 Å². The van der Waals surface area contributed by atoms with Crippen molar-refractivity contribution in [2.75, 3.05) is 32.8 Å². The first kappa shape index (κ1) is 15.6. The van der Waals surface area contributed by atoms with Gasteiger partial charge in [0.1, 0.15) is 5.82 Å². The first-order valence-electron chi connectivity index (χ1n) is 9.08. The van der Waals surface area contributed by atoms with Crippen LogP contribution < -0.4 is 0 Å². The Hall–Kier alpha value is -0.970. The molecule has 0 unspecified atom stereocenters. The van der Waals surface area contributed by atoms with Gasteiger partial charge in [-0.3, -0.25) is 9.80 Å². The zero-order chi connectivity index (χ0) is 15.6. The van der Waals surface area contributed by atoms with Gasteiger partial charge in [0.25, 0.3) is 0 Å². The maximum absolute atomic E-state index is 13.0. The van der Waals surface area contributed by atoms with E-state index in [1.165, 1.54) is 37.8 Å². The summed E-state index contributed by atoms with van der Waals surface area (Å²) in [7, 11) is 0. The number of nitrogens with zero attached hydrogens (tertiary/aromatic N) is 2. The molecule has 0 atom stereocenters. The first-order valence-corrected chi connectivity index (χ1v) is 9.08. The summed E-state index contributed by atoms with van der Waals surface area (Å²) < 4.78 is 18.5. The highest BCUT2D eigenvalue weighted by molar-refractivity contribution is 5.16. The van der Waals surface area contributed by atoms with Gasteiger partial charge in [-0.2, -0.15) is 0 Å². The van der Waals surface area contributed by atoms with E-state index in [9.17, 15) is 4.39 Å². The van der Waals surface area contributed by atoms with Gasteiger partial charge in [-0.05, 0) is 49.3 Å². The minimum atomic E-state index is -0.148. The second kappa shape index (κ2) is 6.88. The van der Waals surface area contributed by atoms with Crippen LogP contribution >= 0.6 is 0 Å². The van der Waals surface area contributed by atoms with Crippen molar-refractivity contribution in [3.05, 3.63) is 35.6 Å². The second-order valence-electron chi connectivity index (χ2n) is 7.46. The van der Waals surface area contributed by atoms with Gasteiger partial charge in [-0.25, -0.2) is 4.39 Å². The highest BCUT2D eigenvalue weighted by Gasteiger charge is 2.38. The molecule has 0 amide bonds. The highest BCUT2D eigenvalue weighted by Crippen LogP contribution is 2.34. The van der Waals surface area contributed by atoms with Gasteiger partial charge in [0.05, 0.1) is 0 Å². The lowest BCUT2D eigenvalue weighted by Crippen LogP contribution is -2.62. The molecule has 1 saturated carbocycles. The third-order valence-corrected chi connectivity index (χ3v) is 5.55. The van der Waals surface area contributed by atoms with E-state index in [0.717, 1.165) is 44.8 Å². The summed E-state index contributed by atoms with van der Waals surface area (Å²) in [5.41, 5.74) is 1.21. The molecule has 0 spiro atoms. The molecule has 2 heterocycles. The fraction of sp³-hybridized carbons (Fsp3) is 0.684. The van der Waals surface area contributed by atoms with Crippen LogP contribution in [0, 0.1) is 11.7 Å². The molecule has 2 aliphatic heterocycles. The van der Waals surface area contributed by atoms with Crippen molar-refractivity contribution in [1.29, 1.82) is 0 Å². The van der Waals surface area contributed by atoms with Crippen LogP contribution in [0.25, 0.3) is 0 Å². The quantitative estimate of drug-likeness (QED) is 0.802. The summed E-state index contributed by atoms with van der Waals surface area (Å²) >= 11 is 0. The molecule has 23 heavy (non-hydrogen) atoms. The van der Waals surface area contributed by atoms with E-state index >= 15 is 0 Å². The van der Waals surface area contributed by atoms with Gasteiger partial charge in [0, 0.05) is 51.5 Å². The van der Waals surface area contributed by atoms with Crippen molar-refractivity contribution in [3.63, 3.8) is 0 Å². The van der Waals surface area contributed by atoms with Crippen LogP contribution in [0.15, 0.2) is 24.3 Å². The molecule has 4 heteroatoms. The van der Waals surface area contributed by atoms with Crippen LogP contribution in [0.4, 0.5) is 4.39 Å². The van der Waals surface area contributed by atoms with Crippen molar-refractivity contribution in [3.8, 4) is 0 Å². The maximum Gasteiger partial charge on any atom is 0.123 e. The molecule has 4 rings (SSSR count). The molecule has 2 saturated heterocycles. The van der Waals surface area contributed by atoms with Crippen LogP contribution in [-0.2, 0) is 11.3 Å².